The van der Waals surface area contributed by atoms with E-state index in [9.17, 15) is 9.50 Å². The minimum absolute atomic E-state index is 0.0459. The summed E-state index contributed by atoms with van der Waals surface area (Å²) in [5.41, 5.74) is 1.88. The van der Waals surface area contributed by atoms with Gasteiger partial charge in [0.05, 0.1) is 0 Å². The molecule has 0 fully saturated rings. The molecule has 0 heterocycles. The first-order chi connectivity index (χ1) is 8.63. The van der Waals surface area contributed by atoms with Crippen molar-refractivity contribution in [2.45, 2.75) is 13.1 Å². The van der Waals surface area contributed by atoms with E-state index in [4.69, 9.17) is 0 Å². The maximum absolute atomic E-state index is 13.0. The molecule has 0 spiro atoms. The van der Waals surface area contributed by atoms with Crippen LogP contribution in [0, 0.1) is 5.82 Å². The maximum Gasteiger partial charge on any atom is 0.127 e. The second-order valence-corrected chi connectivity index (χ2v) is 4.96. The van der Waals surface area contributed by atoms with Gasteiger partial charge in [-0.15, -0.1) is 0 Å². The van der Waals surface area contributed by atoms with Gasteiger partial charge in [0.1, 0.15) is 11.6 Å². The van der Waals surface area contributed by atoms with Gasteiger partial charge >= 0.3 is 0 Å². The van der Waals surface area contributed by atoms with E-state index in [-0.39, 0.29) is 5.75 Å². The van der Waals surface area contributed by atoms with E-state index in [2.05, 4.69) is 21.2 Å². The molecule has 2 aromatic rings. The first kappa shape index (κ1) is 13.1. The number of aromatic hydroxyl groups is 1. The number of nitrogens with one attached hydrogen (secondary N) is 1. The van der Waals surface area contributed by atoms with Crippen molar-refractivity contribution in [3.05, 3.63) is 63.9 Å². The Balaban J connectivity index is 1.90. The van der Waals surface area contributed by atoms with Gasteiger partial charge in [0.2, 0.25) is 0 Å². The molecule has 2 nitrogen and oxygen atoms in total. The van der Waals surface area contributed by atoms with Crippen molar-refractivity contribution in [1.29, 1.82) is 0 Å². The third-order valence-corrected chi connectivity index (χ3v) is 3.04. The Morgan fingerprint density at radius 3 is 2.33 bits per heavy atom. The number of phenolic OH excluding ortho intramolecular Hbond substituents is 1. The topological polar surface area (TPSA) is 32.3 Å². The fourth-order valence-corrected chi connectivity index (χ4v) is 1.95. The lowest BCUT2D eigenvalue weighted by Gasteiger charge is -2.06. The summed E-state index contributed by atoms with van der Waals surface area (Å²) < 4.78 is 14.1. The zero-order chi connectivity index (χ0) is 13.0. The van der Waals surface area contributed by atoms with Crippen molar-refractivity contribution in [1.82, 2.24) is 5.32 Å². The minimum atomic E-state index is -0.421. The molecule has 0 saturated heterocycles. The Bertz CT molecular complexity index is 508. The highest BCUT2D eigenvalue weighted by molar-refractivity contribution is 9.10. The summed E-state index contributed by atoms with van der Waals surface area (Å²) in [5, 5.41) is 12.5. The zero-order valence-electron chi connectivity index (χ0n) is 9.66. The van der Waals surface area contributed by atoms with E-state index in [1.807, 2.05) is 24.3 Å². The summed E-state index contributed by atoms with van der Waals surface area (Å²) in [5.74, 6) is -0.467. The van der Waals surface area contributed by atoms with Crippen molar-refractivity contribution >= 4 is 15.9 Å². The molecule has 0 amide bonds. The molecule has 4 heteroatoms. The largest absolute Gasteiger partial charge is 0.508 e. The van der Waals surface area contributed by atoms with E-state index >= 15 is 0 Å². The highest BCUT2D eigenvalue weighted by Crippen LogP contribution is 2.15. The predicted molar refractivity (Wildman–Crippen MR) is 72.8 cm³/mol. The van der Waals surface area contributed by atoms with Gasteiger partial charge in [-0.3, -0.25) is 0 Å². The second-order valence-electron chi connectivity index (χ2n) is 4.05. The standard InChI is InChI=1S/C14H13BrFNO/c15-12-3-1-10(2-4-12)8-17-9-11-5-13(16)7-14(18)6-11/h1-7,17-18H,8-9H2. The van der Waals surface area contributed by atoms with Crippen LogP contribution >= 0.6 is 15.9 Å². The van der Waals surface area contributed by atoms with Crippen molar-refractivity contribution in [3.8, 4) is 5.75 Å². The molecule has 18 heavy (non-hydrogen) atoms. The zero-order valence-corrected chi connectivity index (χ0v) is 11.2. The molecule has 94 valence electrons. The summed E-state index contributed by atoms with van der Waals surface area (Å²) in [4.78, 5) is 0. The third-order valence-electron chi connectivity index (χ3n) is 2.51. The lowest BCUT2D eigenvalue weighted by molar-refractivity contribution is 0.467. The molecular formula is C14H13BrFNO. The molecule has 2 aromatic carbocycles. The van der Waals surface area contributed by atoms with Crippen molar-refractivity contribution in [2.24, 2.45) is 0 Å². The fourth-order valence-electron chi connectivity index (χ4n) is 1.69. The Hall–Kier alpha value is -1.39. The second kappa shape index (κ2) is 5.98. The Morgan fingerprint density at radius 2 is 1.67 bits per heavy atom. The van der Waals surface area contributed by atoms with Crippen molar-refractivity contribution in [3.63, 3.8) is 0 Å². The average molecular weight is 310 g/mol. The lowest BCUT2D eigenvalue weighted by atomic mass is 10.2. The van der Waals surface area contributed by atoms with Crippen molar-refractivity contribution in [2.75, 3.05) is 0 Å². The van der Waals surface area contributed by atoms with Gasteiger partial charge in [0, 0.05) is 23.6 Å². The van der Waals surface area contributed by atoms with E-state index in [0.717, 1.165) is 21.7 Å². The summed E-state index contributed by atoms with van der Waals surface area (Å²) in [6.07, 6.45) is 0. The first-order valence-electron chi connectivity index (χ1n) is 5.57. The maximum atomic E-state index is 13.0. The fraction of sp³-hybridized carbons (Fsp3) is 0.143. The third kappa shape index (κ3) is 3.82. The summed E-state index contributed by atoms with van der Waals surface area (Å²) in [6, 6.07) is 12.0. The molecule has 2 N–H and O–H groups in total. The van der Waals surface area contributed by atoms with E-state index < -0.39 is 5.82 Å². The molecule has 2 rings (SSSR count). The molecule has 0 aliphatic heterocycles. The van der Waals surface area contributed by atoms with Crippen LogP contribution in [0.3, 0.4) is 0 Å². The van der Waals surface area contributed by atoms with Crippen LogP contribution in [0.1, 0.15) is 11.1 Å². The molecular weight excluding hydrogens is 297 g/mol. The SMILES string of the molecule is Oc1cc(F)cc(CNCc2ccc(Br)cc2)c1. The number of benzene rings is 2. The minimum Gasteiger partial charge on any atom is -0.508 e. The Labute approximate surface area is 114 Å². The van der Waals surface area contributed by atoms with Crippen LogP contribution in [0.4, 0.5) is 4.39 Å². The summed E-state index contributed by atoms with van der Waals surface area (Å²) in [6.45, 7) is 1.21. The van der Waals surface area contributed by atoms with Crippen LogP contribution in [-0.4, -0.2) is 5.11 Å². The molecule has 0 aromatic heterocycles. The van der Waals surface area contributed by atoms with E-state index in [1.54, 1.807) is 6.07 Å². The average Bonchev–Trinajstić information content (AvgIpc) is 2.30. The molecule has 0 radical (unpaired) electrons. The molecule has 0 saturated carbocycles. The Kier molecular flexibility index (Phi) is 4.33. The van der Waals surface area contributed by atoms with Gasteiger partial charge in [0.15, 0.2) is 0 Å². The van der Waals surface area contributed by atoms with Gasteiger partial charge in [0.25, 0.3) is 0 Å². The van der Waals surface area contributed by atoms with E-state index in [1.165, 1.54) is 6.07 Å². The number of hydrogen-bond donors (Lipinski definition) is 2. The molecule has 0 unspecified atom stereocenters. The van der Waals surface area contributed by atoms with Crippen LogP contribution in [0.15, 0.2) is 46.9 Å². The van der Waals surface area contributed by atoms with Gasteiger partial charge in [-0.05, 0) is 35.4 Å². The summed E-state index contributed by atoms with van der Waals surface area (Å²) in [7, 11) is 0. The normalized spacial score (nSPS) is 10.6. The first-order valence-corrected chi connectivity index (χ1v) is 6.36. The van der Waals surface area contributed by atoms with Crippen molar-refractivity contribution < 1.29 is 9.50 Å². The summed E-state index contributed by atoms with van der Waals surface area (Å²) >= 11 is 3.38. The van der Waals surface area contributed by atoms with Crippen LogP contribution < -0.4 is 5.32 Å². The molecule has 0 atom stereocenters. The van der Waals surface area contributed by atoms with Crippen LogP contribution in [0.25, 0.3) is 0 Å². The molecule has 0 aliphatic carbocycles. The highest BCUT2D eigenvalue weighted by Gasteiger charge is 2.00. The molecule has 0 aliphatic rings. The van der Waals surface area contributed by atoms with Crippen LogP contribution in [0.5, 0.6) is 5.75 Å². The number of halogens is 2. The lowest BCUT2D eigenvalue weighted by Crippen LogP contribution is -2.12. The monoisotopic (exact) mass is 309 g/mol. The van der Waals surface area contributed by atoms with E-state index in [0.29, 0.717) is 13.1 Å². The number of rotatable bonds is 4. The van der Waals surface area contributed by atoms with Gasteiger partial charge in [-0.25, -0.2) is 4.39 Å². The van der Waals surface area contributed by atoms with Crippen LogP contribution in [-0.2, 0) is 13.1 Å². The Morgan fingerprint density at radius 1 is 1.00 bits per heavy atom. The highest BCUT2D eigenvalue weighted by atomic mass is 79.9. The smallest absolute Gasteiger partial charge is 0.127 e. The number of phenols is 1. The predicted octanol–water partition coefficient (Wildman–Crippen LogP) is 3.58. The number of hydrogen-bond acceptors (Lipinski definition) is 2. The quantitative estimate of drug-likeness (QED) is 0.904. The van der Waals surface area contributed by atoms with Gasteiger partial charge < -0.3 is 10.4 Å². The van der Waals surface area contributed by atoms with Crippen LogP contribution in [0.2, 0.25) is 0 Å². The molecule has 0 bridgehead atoms. The van der Waals surface area contributed by atoms with Gasteiger partial charge in [-0.1, -0.05) is 28.1 Å². The van der Waals surface area contributed by atoms with Gasteiger partial charge in [-0.2, -0.15) is 0 Å².